The lowest BCUT2D eigenvalue weighted by atomic mass is 9.85. The third kappa shape index (κ3) is 3.91. The summed E-state index contributed by atoms with van der Waals surface area (Å²) in [5, 5.41) is 10.8. The van der Waals surface area contributed by atoms with E-state index in [0.717, 1.165) is 17.4 Å². The van der Waals surface area contributed by atoms with Crippen LogP contribution in [0.3, 0.4) is 0 Å². The van der Waals surface area contributed by atoms with Gasteiger partial charge in [-0.25, -0.2) is 0 Å². The lowest BCUT2D eigenvalue weighted by Gasteiger charge is -2.51. The van der Waals surface area contributed by atoms with Crippen molar-refractivity contribution >= 4 is 30.9 Å². The van der Waals surface area contributed by atoms with E-state index in [1.165, 1.54) is 7.11 Å². The molecule has 2 fully saturated rings. The van der Waals surface area contributed by atoms with Crippen molar-refractivity contribution < 1.29 is 47.2 Å². The number of epoxide rings is 1. The molecule has 6 rings (SSSR count). The van der Waals surface area contributed by atoms with Crippen LogP contribution in [0.15, 0.2) is 6.07 Å². The monoisotopic (exact) mass is 614 g/mol. The van der Waals surface area contributed by atoms with Crippen LogP contribution in [-0.2, 0) is 25.4 Å². The maximum absolute atomic E-state index is 13.7. The molecular weight excluding hydrogens is 572 g/mol. The van der Waals surface area contributed by atoms with Gasteiger partial charge in [-0.15, -0.1) is 0 Å². The number of aliphatic hydroxyl groups is 1. The zero-order valence-corrected chi connectivity index (χ0v) is 27.5. The number of carbonyl (C=O) groups excluding carboxylic acids is 2. The third-order valence-corrected chi connectivity index (χ3v) is 14.4. The molecule has 2 saturated heterocycles. The molecule has 1 aliphatic carbocycles. The van der Waals surface area contributed by atoms with Crippen LogP contribution in [-0.4, -0.2) is 76.8 Å². The molecule has 0 bridgehead atoms. The van der Waals surface area contributed by atoms with E-state index < -0.39 is 42.7 Å². The van der Waals surface area contributed by atoms with Crippen LogP contribution in [0.4, 0.5) is 0 Å². The number of benzene rings is 2. The van der Waals surface area contributed by atoms with Crippen LogP contribution in [0, 0.1) is 6.92 Å². The summed E-state index contributed by atoms with van der Waals surface area (Å²) < 4.78 is 44.7. The Kier molecular flexibility index (Phi) is 6.80. The standard InChI is InChI=1S/C32H42O10Si/c1-17-13-19-24-27(23-18(26(19)37-9)11-10-12-20(23)34)41-43(29(2,3)4,30(5,6)7)42-28(24)25(17)40-32(22(14-33)36-8)31(16-39-31)21(35)15-38-32/h13,22,33H,10-12,14-16H2,1-9H3/t22?,31-,32?/m0/s1. The summed E-state index contributed by atoms with van der Waals surface area (Å²) in [6.07, 6.45) is 0.783. The molecule has 0 aromatic heterocycles. The quantitative estimate of drug-likeness (QED) is 0.354. The highest BCUT2D eigenvalue weighted by Gasteiger charge is 2.77. The van der Waals surface area contributed by atoms with Crippen molar-refractivity contribution in [3.05, 3.63) is 22.8 Å². The van der Waals surface area contributed by atoms with E-state index in [9.17, 15) is 14.7 Å². The van der Waals surface area contributed by atoms with E-state index in [1.807, 2.05) is 13.0 Å². The Balaban J connectivity index is 1.71. The second-order valence-corrected chi connectivity index (χ2v) is 18.7. The Morgan fingerprint density at radius 1 is 1.00 bits per heavy atom. The number of Topliss-reactive ketones (excluding diaryl/α,β-unsaturated/α-hetero) is 2. The van der Waals surface area contributed by atoms with Gasteiger partial charge in [-0.1, -0.05) is 41.5 Å². The summed E-state index contributed by atoms with van der Waals surface area (Å²) in [5.74, 6) is -0.227. The van der Waals surface area contributed by atoms with Crippen LogP contribution >= 0.6 is 0 Å². The molecule has 2 aromatic rings. The van der Waals surface area contributed by atoms with Crippen LogP contribution < -0.4 is 18.3 Å². The first-order valence-electron chi connectivity index (χ1n) is 14.9. The zero-order chi connectivity index (χ0) is 31.3. The second kappa shape index (κ2) is 9.65. The number of aliphatic hydroxyl groups excluding tert-OH is 1. The van der Waals surface area contributed by atoms with E-state index >= 15 is 0 Å². The van der Waals surface area contributed by atoms with Gasteiger partial charge >= 0.3 is 8.56 Å². The van der Waals surface area contributed by atoms with E-state index in [4.69, 9.17) is 32.5 Å². The van der Waals surface area contributed by atoms with E-state index in [-0.39, 0.29) is 24.8 Å². The first-order chi connectivity index (χ1) is 20.1. The van der Waals surface area contributed by atoms with Crippen LogP contribution in [0.25, 0.3) is 10.8 Å². The van der Waals surface area contributed by atoms with Crippen molar-refractivity contribution in [1.29, 1.82) is 0 Å². The van der Waals surface area contributed by atoms with Gasteiger partial charge in [0.1, 0.15) is 24.2 Å². The van der Waals surface area contributed by atoms with Crippen molar-refractivity contribution in [3.63, 3.8) is 0 Å². The molecule has 10 nitrogen and oxygen atoms in total. The molecule has 2 aromatic carbocycles. The molecular formula is C32H42O10Si. The molecule has 234 valence electrons. The molecule has 43 heavy (non-hydrogen) atoms. The Labute approximate surface area is 253 Å². The highest BCUT2D eigenvalue weighted by molar-refractivity contribution is 6.75. The Bertz CT molecular complexity index is 1510. The van der Waals surface area contributed by atoms with Gasteiger partial charge in [-0.05, 0) is 31.4 Å². The average molecular weight is 615 g/mol. The number of ketones is 2. The van der Waals surface area contributed by atoms with Gasteiger partial charge in [0.15, 0.2) is 23.1 Å². The number of hydrogen-bond acceptors (Lipinski definition) is 10. The molecule has 3 heterocycles. The van der Waals surface area contributed by atoms with Crippen LogP contribution in [0.2, 0.25) is 10.1 Å². The van der Waals surface area contributed by atoms with Crippen LogP contribution in [0.5, 0.6) is 23.0 Å². The SMILES string of the molecule is COc1c2c(c3c4c(c(OC5(C(CO)OC)OCC(=O)[C@@]56CO6)c(C)cc14)O[Si](C(C)(C)C)(C(C)(C)C)O3)C(=O)CCC2. The van der Waals surface area contributed by atoms with Gasteiger partial charge in [0.25, 0.3) is 5.79 Å². The van der Waals surface area contributed by atoms with Gasteiger partial charge < -0.3 is 37.6 Å². The van der Waals surface area contributed by atoms with E-state index in [1.54, 1.807) is 7.11 Å². The number of carbonyl (C=O) groups is 2. The zero-order valence-electron chi connectivity index (χ0n) is 26.5. The predicted molar refractivity (Wildman–Crippen MR) is 160 cm³/mol. The average Bonchev–Trinajstić information content (AvgIpc) is 3.70. The molecule has 0 radical (unpaired) electrons. The maximum atomic E-state index is 13.7. The van der Waals surface area contributed by atoms with Crippen molar-refractivity contribution in [2.75, 3.05) is 34.0 Å². The fourth-order valence-corrected chi connectivity index (χ4v) is 12.0. The van der Waals surface area contributed by atoms with Crippen molar-refractivity contribution in [2.45, 2.75) is 95.3 Å². The van der Waals surface area contributed by atoms with Crippen molar-refractivity contribution in [1.82, 2.24) is 0 Å². The summed E-state index contributed by atoms with van der Waals surface area (Å²) in [5.41, 5.74) is 0.644. The van der Waals surface area contributed by atoms with Gasteiger partial charge in [-0.3, -0.25) is 9.59 Å². The van der Waals surface area contributed by atoms with Crippen molar-refractivity contribution in [2.24, 2.45) is 0 Å². The number of methoxy groups -OCH3 is 2. The first kappa shape index (κ1) is 30.3. The summed E-state index contributed by atoms with van der Waals surface area (Å²) in [7, 11) is -0.302. The maximum Gasteiger partial charge on any atom is 0.471 e. The summed E-state index contributed by atoms with van der Waals surface area (Å²) in [4.78, 5) is 26.8. The lowest BCUT2D eigenvalue weighted by molar-refractivity contribution is -0.250. The molecule has 1 N–H and O–H groups in total. The normalized spacial score (nSPS) is 26.7. The van der Waals surface area contributed by atoms with Gasteiger partial charge in [0.2, 0.25) is 5.60 Å². The molecule has 11 heteroatoms. The fraction of sp³-hybridized carbons (Fsp3) is 0.625. The highest BCUT2D eigenvalue weighted by atomic mass is 28.4. The summed E-state index contributed by atoms with van der Waals surface area (Å²) in [6, 6.07) is 1.93. The Hall–Kier alpha value is -2.70. The molecule has 3 aliphatic heterocycles. The minimum Gasteiger partial charge on any atom is -0.510 e. The number of aryl methyl sites for hydroxylation is 1. The second-order valence-electron chi connectivity index (χ2n) is 14.1. The Morgan fingerprint density at radius 3 is 2.21 bits per heavy atom. The first-order valence-corrected chi connectivity index (χ1v) is 16.7. The van der Waals surface area contributed by atoms with Crippen molar-refractivity contribution in [3.8, 4) is 23.0 Å². The van der Waals surface area contributed by atoms with Gasteiger partial charge in [0, 0.05) is 34.6 Å². The van der Waals surface area contributed by atoms with E-state index in [0.29, 0.717) is 52.4 Å². The Morgan fingerprint density at radius 2 is 1.65 bits per heavy atom. The summed E-state index contributed by atoms with van der Waals surface area (Å²) >= 11 is 0. The number of ether oxygens (including phenoxy) is 5. The van der Waals surface area contributed by atoms with Gasteiger partial charge in [-0.2, -0.15) is 0 Å². The largest absolute Gasteiger partial charge is 0.510 e. The smallest absolute Gasteiger partial charge is 0.471 e. The molecule has 4 aliphatic rings. The minimum absolute atomic E-state index is 0.00400. The predicted octanol–water partition coefficient (Wildman–Crippen LogP) is 4.94. The van der Waals surface area contributed by atoms with Gasteiger partial charge in [0.05, 0.1) is 31.3 Å². The molecule has 2 unspecified atom stereocenters. The number of fused-ring (bicyclic) bond motifs is 2. The summed E-state index contributed by atoms with van der Waals surface area (Å²) in [6.45, 7) is 13.8. The highest BCUT2D eigenvalue weighted by Crippen LogP contribution is 2.62. The third-order valence-electron chi connectivity index (χ3n) is 9.47. The molecule has 0 amide bonds. The molecule has 3 atom stereocenters. The molecule has 0 saturated carbocycles. The number of hydrogen-bond donors (Lipinski definition) is 1. The number of rotatable bonds is 6. The fourth-order valence-electron chi connectivity index (χ4n) is 7.47. The topological polar surface area (TPSA) is 122 Å². The lowest BCUT2D eigenvalue weighted by Crippen LogP contribution is -2.64. The van der Waals surface area contributed by atoms with E-state index in [2.05, 4.69) is 41.5 Å². The molecule has 1 spiro atoms. The minimum atomic E-state index is -3.33. The van der Waals surface area contributed by atoms with Crippen LogP contribution in [0.1, 0.15) is 75.9 Å².